The maximum absolute atomic E-state index is 10.1. The molecule has 1 heterocycles. The molecule has 0 amide bonds. The molecule has 1 saturated carbocycles. The van der Waals surface area contributed by atoms with Crippen LogP contribution in [0.3, 0.4) is 0 Å². The fourth-order valence-corrected chi connectivity index (χ4v) is 1.87. The summed E-state index contributed by atoms with van der Waals surface area (Å²) in [6.45, 7) is -0.105. The van der Waals surface area contributed by atoms with Crippen LogP contribution in [0.2, 0.25) is 0 Å². The number of hydrogen-bond acceptors (Lipinski definition) is 4. The molecule has 0 spiro atoms. The fraction of sp³-hybridized carbons (Fsp3) is 0.667. The van der Waals surface area contributed by atoms with Gasteiger partial charge in [-0.3, -0.25) is 0 Å². The summed E-state index contributed by atoms with van der Waals surface area (Å²) in [6, 6.07) is 0. The molecule has 14 heavy (non-hydrogen) atoms. The van der Waals surface area contributed by atoms with Crippen molar-refractivity contribution in [3.05, 3.63) is 18.0 Å². The van der Waals surface area contributed by atoms with Crippen LogP contribution in [0.15, 0.2) is 12.4 Å². The second-order valence-electron chi connectivity index (χ2n) is 3.74. The summed E-state index contributed by atoms with van der Waals surface area (Å²) < 4.78 is 1.34. The number of nitrogens with zero attached hydrogens (tertiary/aromatic N) is 2. The van der Waals surface area contributed by atoms with Crippen LogP contribution in [0.1, 0.15) is 24.8 Å². The molecule has 0 radical (unpaired) electrons. The highest BCUT2D eigenvalue weighted by Crippen LogP contribution is 2.33. The van der Waals surface area contributed by atoms with Crippen molar-refractivity contribution in [2.24, 2.45) is 0 Å². The van der Waals surface area contributed by atoms with Crippen LogP contribution >= 0.6 is 0 Å². The molecule has 78 valence electrons. The zero-order valence-electron chi connectivity index (χ0n) is 7.80. The van der Waals surface area contributed by atoms with E-state index in [2.05, 4.69) is 5.10 Å². The lowest BCUT2D eigenvalue weighted by molar-refractivity contribution is -0.123. The summed E-state index contributed by atoms with van der Waals surface area (Å²) in [5.41, 5.74) is -0.648. The van der Waals surface area contributed by atoms with Gasteiger partial charge in [0.1, 0.15) is 6.10 Å². The average molecular weight is 198 g/mol. The molecule has 0 aromatic carbocycles. The van der Waals surface area contributed by atoms with Gasteiger partial charge in [-0.2, -0.15) is 5.10 Å². The Morgan fingerprint density at radius 3 is 2.93 bits per heavy atom. The van der Waals surface area contributed by atoms with Crippen molar-refractivity contribution in [2.75, 3.05) is 0 Å². The van der Waals surface area contributed by atoms with Crippen LogP contribution in [0.5, 0.6) is 0 Å². The van der Waals surface area contributed by atoms with Gasteiger partial charge in [-0.1, -0.05) is 0 Å². The summed E-state index contributed by atoms with van der Waals surface area (Å²) in [7, 11) is 0. The highest BCUT2D eigenvalue weighted by Gasteiger charge is 2.42. The molecule has 5 heteroatoms. The first-order valence-corrected chi connectivity index (χ1v) is 4.72. The van der Waals surface area contributed by atoms with E-state index < -0.39 is 11.8 Å². The number of aromatic nitrogens is 2. The van der Waals surface area contributed by atoms with E-state index in [4.69, 9.17) is 5.11 Å². The predicted molar refractivity (Wildman–Crippen MR) is 48.2 cm³/mol. The van der Waals surface area contributed by atoms with Gasteiger partial charge in [-0.15, -0.1) is 0 Å². The third kappa shape index (κ3) is 1.33. The van der Waals surface area contributed by atoms with Crippen molar-refractivity contribution < 1.29 is 15.3 Å². The molecule has 1 aliphatic rings. The molecule has 0 bridgehead atoms. The van der Waals surface area contributed by atoms with Gasteiger partial charge >= 0.3 is 0 Å². The normalized spacial score (nSPS) is 32.4. The first-order valence-electron chi connectivity index (χ1n) is 4.72. The van der Waals surface area contributed by atoms with Gasteiger partial charge in [0.2, 0.25) is 0 Å². The maximum atomic E-state index is 10.1. The van der Waals surface area contributed by atoms with Crippen LogP contribution in [-0.2, 0) is 12.3 Å². The van der Waals surface area contributed by atoms with Crippen LogP contribution in [-0.4, -0.2) is 31.2 Å². The lowest BCUT2D eigenvalue weighted by Gasteiger charge is -2.26. The van der Waals surface area contributed by atoms with Crippen molar-refractivity contribution in [3.63, 3.8) is 0 Å². The summed E-state index contributed by atoms with van der Waals surface area (Å²) in [6.07, 6.45) is 4.16. The van der Waals surface area contributed by atoms with E-state index >= 15 is 0 Å². The van der Waals surface area contributed by atoms with Gasteiger partial charge in [-0.05, 0) is 19.3 Å². The summed E-state index contributed by atoms with van der Waals surface area (Å²) in [4.78, 5) is 0. The third-order valence-corrected chi connectivity index (χ3v) is 2.77. The standard InChI is InChI=1S/C9H14N2O3/c12-6-7-4-10-11(5-7)9(14)3-1-2-8(9)13/h4-5,8,12-14H,1-3,6H2. The van der Waals surface area contributed by atoms with Crippen LogP contribution in [0.25, 0.3) is 0 Å². The van der Waals surface area contributed by atoms with E-state index in [0.717, 1.165) is 6.42 Å². The quantitative estimate of drug-likeness (QED) is 0.602. The Labute approximate surface area is 81.6 Å². The Balaban J connectivity index is 2.28. The largest absolute Gasteiger partial charge is 0.392 e. The molecule has 5 nitrogen and oxygen atoms in total. The lowest BCUT2D eigenvalue weighted by atomic mass is 10.1. The van der Waals surface area contributed by atoms with E-state index in [9.17, 15) is 10.2 Å². The van der Waals surface area contributed by atoms with Gasteiger partial charge in [-0.25, -0.2) is 4.68 Å². The Morgan fingerprint density at radius 1 is 1.64 bits per heavy atom. The zero-order chi connectivity index (χ0) is 10.2. The molecule has 2 atom stereocenters. The Bertz CT molecular complexity index is 326. The lowest BCUT2D eigenvalue weighted by Crippen LogP contribution is -2.41. The maximum Gasteiger partial charge on any atom is 0.183 e. The van der Waals surface area contributed by atoms with E-state index in [1.54, 1.807) is 6.20 Å². The highest BCUT2D eigenvalue weighted by atomic mass is 16.4. The molecule has 1 aliphatic carbocycles. The second-order valence-corrected chi connectivity index (χ2v) is 3.74. The number of hydrogen-bond donors (Lipinski definition) is 3. The molecule has 1 aromatic rings. The van der Waals surface area contributed by atoms with Gasteiger partial charge in [0.25, 0.3) is 0 Å². The molecule has 2 rings (SSSR count). The zero-order valence-corrected chi connectivity index (χ0v) is 7.80. The minimum Gasteiger partial charge on any atom is -0.392 e. The molecule has 0 saturated heterocycles. The molecule has 0 aliphatic heterocycles. The van der Waals surface area contributed by atoms with E-state index in [1.165, 1.54) is 10.9 Å². The van der Waals surface area contributed by atoms with E-state index in [1.807, 2.05) is 0 Å². The number of aliphatic hydroxyl groups excluding tert-OH is 2. The minimum atomic E-state index is -1.28. The SMILES string of the molecule is OCc1cnn(C2(O)CCCC2O)c1. The number of aliphatic hydroxyl groups is 3. The molecule has 1 aromatic heterocycles. The van der Waals surface area contributed by atoms with Crippen LogP contribution < -0.4 is 0 Å². The molecule has 2 unspecified atom stereocenters. The van der Waals surface area contributed by atoms with Crippen LogP contribution in [0, 0.1) is 0 Å². The highest BCUT2D eigenvalue weighted by molar-refractivity contribution is 5.04. The second kappa shape index (κ2) is 3.34. The Morgan fingerprint density at radius 2 is 2.43 bits per heavy atom. The monoisotopic (exact) mass is 198 g/mol. The van der Waals surface area contributed by atoms with Crippen molar-refractivity contribution in [1.29, 1.82) is 0 Å². The number of rotatable bonds is 2. The van der Waals surface area contributed by atoms with Gasteiger partial charge < -0.3 is 15.3 Å². The molecule has 3 N–H and O–H groups in total. The molecular formula is C9H14N2O3. The van der Waals surface area contributed by atoms with Crippen molar-refractivity contribution in [2.45, 2.75) is 37.7 Å². The van der Waals surface area contributed by atoms with Gasteiger partial charge in [0.15, 0.2) is 5.72 Å². The van der Waals surface area contributed by atoms with Gasteiger partial charge in [0.05, 0.1) is 12.8 Å². The summed E-state index contributed by atoms with van der Waals surface area (Å²) in [5.74, 6) is 0. The Hall–Kier alpha value is -0.910. The average Bonchev–Trinajstić information content (AvgIpc) is 2.75. The molecular weight excluding hydrogens is 184 g/mol. The van der Waals surface area contributed by atoms with Crippen molar-refractivity contribution in [1.82, 2.24) is 9.78 Å². The fourth-order valence-electron chi connectivity index (χ4n) is 1.87. The predicted octanol–water partition coefficient (Wildman–Crippen LogP) is -0.435. The topological polar surface area (TPSA) is 78.5 Å². The third-order valence-electron chi connectivity index (χ3n) is 2.77. The summed E-state index contributed by atoms with van der Waals surface area (Å²) >= 11 is 0. The Kier molecular flexibility index (Phi) is 2.30. The molecule has 1 fully saturated rings. The smallest absolute Gasteiger partial charge is 0.183 e. The summed E-state index contributed by atoms with van der Waals surface area (Å²) in [5, 5.41) is 32.5. The van der Waals surface area contributed by atoms with Gasteiger partial charge in [0, 0.05) is 11.8 Å². The van der Waals surface area contributed by atoms with Crippen molar-refractivity contribution >= 4 is 0 Å². The van der Waals surface area contributed by atoms with Crippen molar-refractivity contribution in [3.8, 4) is 0 Å². The van der Waals surface area contributed by atoms with E-state index in [-0.39, 0.29) is 6.61 Å². The minimum absolute atomic E-state index is 0.105. The first-order chi connectivity index (χ1) is 6.66. The van der Waals surface area contributed by atoms with Crippen LogP contribution in [0.4, 0.5) is 0 Å². The van der Waals surface area contributed by atoms with E-state index in [0.29, 0.717) is 18.4 Å². The first kappa shape index (κ1) is 9.64.